The zero-order valence-electron chi connectivity index (χ0n) is 16.1. The first-order chi connectivity index (χ1) is 13.3. The molecule has 0 N–H and O–H groups in total. The van der Waals surface area contributed by atoms with Crippen LogP contribution < -0.4 is 16.1 Å². The zero-order valence-corrected chi connectivity index (χ0v) is 16.8. The van der Waals surface area contributed by atoms with E-state index < -0.39 is 5.69 Å². The quantitative estimate of drug-likeness (QED) is 0.660. The Kier molecular flexibility index (Phi) is 5.70. The van der Waals surface area contributed by atoms with E-state index in [9.17, 15) is 14.4 Å². The van der Waals surface area contributed by atoms with Crippen LogP contribution in [0.25, 0.3) is 10.9 Å². The Hall–Kier alpha value is -2.86. The number of nitrogens with zero attached hydrogens (tertiary/aromatic N) is 3. The highest BCUT2D eigenvalue weighted by Gasteiger charge is 2.19. The molecule has 1 aromatic heterocycles. The van der Waals surface area contributed by atoms with E-state index >= 15 is 0 Å². The van der Waals surface area contributed by atoms with E-state index in [1.54, 1.807) is 55.6 Å². The summed E-state index contributed by atoms with van der Waals surface area (Å²) in [5.41, 5.74) is 0.266. The Morgan fingerprint density at radius 3 is 2.54 bits per heavy atom. The maximum Gasteiger partial charge on any atom is 0.332 e. The lowest BCUT2D eigenvalue weighted by molar-refractivity contribution is -0.118. The van der Waals surface area contributed by atoms with Gasteiger partial charge >= 0.3 is 5.69 Å². The van der Waals surface area contributed by atoms with Crippen LogP contribution in [0.3, 0.4) is 0 Å². The molecule has 0 aliphatic carbocycles. The topological polar surface area (TPSA) is 64.3 Å². The van der Waals surface area contributed by atoms with Crippen molar-refractivity contribution in [1.29, 1.82) is 0 Å². The number of amides is 1. The summed E-state index contributed by atoms with van der Waals surface area (Å²) in [7, 11) is 1.63. The zero-order chi connectivity index (χ0) is 20.4. The van der Waals surface area contributed by atoms with Gasteiger partial charge in [0.2, 0.25) is 5.91 Å². The smallest absolute Gasteiger partial charge is 0.314 e. The van der Waals surface area contributed by atoms with Crippen LogP contribution in [0.4, 0.5) is 5.69 Å². The van der Waals surface area contributed by atoms with Gasteiger partial charge in [0, 0.05) is 23.8 Å². The summed E-state index contributed by atoms with van der Waals surface area (Å²) >= 11 is 6.01. The third kappa shape index (κ3) is 3.60. The highest BCUT2D eigenvalue weighted by molar-refractivity contribution is 6.30. The number of hydrogen-bond donors (Lipinski definition) is 0. The number of carbonyl (C=O) groups is 1. The van der Waals surface area contributed by atoms with Crippen LogP contribution in [-0.4, -0.2) is 22.1 Å². The molecule has 0 unspecified atom stereocenters. The predicted molar refractivity (Wildman–Crippen MR) is 112 cm³/mol. The molecule has 0 aliphatic rings. The van der Waals surface area contributed by atoms with Gasteiger partial charge in [-0.2, -0.15) is 0 Å². The number of benzene rings is 2. The van der Waals surface area contributed by atoms with Crippen molar-refractivity contribution in [2.45, 2.75) is 32.9 Å². The number of carbonyl (C=O) groups excluding carboxylic acids is 1. The first-order valence-corrected chi connectivity index (χ1v) is 9.49. The fourth-order valence-electron chi connectivity index (χ4n) is 3.13. The van der Waals surface area contributed by atoms with Gasteiger partial charge in [-0.25, -0.2) is 4.79 Å². The molecule has 1 heterocycles. The Morgan fingerprint density at radius 2 is 1.86 bits per heavy atom. The summed E-state index contributed by atoms with van der Waals surface area (Å²) in [6.45, 7) is 3.55. The van der Waals surface area contributed by atoms with Gasteiger partial charge in [-0.15, -0.1) is 0 Å². The fraction of sp³-hybridized carbons (Fsp3) is 0.286. The third-order valence-corrected chi connectivity index (χ3v) is 5.21. The van der Waals surface area contributed by atoms with Gasteiger partial charge in [0.15, 0.2) is 0 Å². The maximum atomic E-state index is 13.1. The molecule has 1 amide bonds. The summed E-state index contributed by atoms with van der Waals surface area (Å²) in [5.74, 6) is -0.288. The second-order valence-electron chi connectivity index (χ2n) is 6.75. The van der Waals surface area contributed by atoms with Gasteiger partial charge in [-0.3, -0.25) is 18.7 Å². The van der Waals surface area contributed by atoms with Gasteiger partial charge in [0.1, 0.15) is 6.54 Å². The van der Waals surface area contributed by atoms with Crippen molar-refractivity contribution in [2.24, 2.45) is 0 Å². The summed E-state index contributed by atoms with van der Waals surface area (Å²) in [6, 6.07) is 13.5. The molecule has 28 heavy (non-hydrogen) atoms. The standard InChI is InChI=1S/C21H22ClN3O3/c1-4-14(2)25-20(27)17-10-5-6-11-18(17)24(21(25)28)13-19(26)23(3)16-9-7-8-15(22)12-16/h5-12,14H,4,13H2,1-3H3/t14-/m1/s1. The van der Waals surface area contributed by atoms with Crippen molar-refractivity contribution in [3.05, 3.63) is 74.4 Å². The molecule has 7 heteroatoms. The lowest BCUT2D eigenvalue weighted by atomic mass is 10.2. The molecule has 0 radical (unpaired) electrons. The Labute approximate surface area is 167 Å². The lowest BCUT2D eigenvalue weighted by Crippen LogP contribution is -2.44. The van der Waals surface area contributed by atoms with E-state index in [4.69, 9.17) is 11.6 Å². The van der Waals surface area contributed by atoms with Crippen molar-refractivity contribution in [3.8, 4) is 0 Å². The number of halogens is 1. The van der Waals surface area contributed by atoms with Crippen molar-refractivity contribution in [1.82, 2.24) is 9.13 Å². The normalized spacial score (nSPS) is 12.1. The molecule has 0 bridgehead atoms. The minimum absolute atomic E-state index is 0.181. The lowest BCUT2D eigenvalue weighted by Gasteiger charge is -2.21. The van der Waals surface area contributed by atoms with Crippen LogP contribution >= 0.6 is 11.6 Å². The molecule has 146 valence electrons. The number of fused-ring (bicyclic) bond motifs is 1. The van der Waals surface area contributed by atoms with Crippen LogP contribution in [0.1, 0.15) is 26.3 Å². The van der Waals surface area contributed by atoms with Gasteiger partial charge in [0.05, 0.1) is 10.9 Å². The number of hydrogen-bond acceptors (Lipinski definition) is 3. The van der Waals surface area contributed by atoms with Crippen LogP contribution in [0.15, 0.2) is 58.1 Å². The van der Waals surface area contributed by atoms with E-state index in [2.05, 4.69) is 0 Å². The molecule has 0 spiro atoms. The third-order valence-electron chi connectivity index (χ3n) is 4.98. The Bertz CT molecular complexity index is 1150. The van der Waals surface area contributed by atoms with E-state index in [-0.39, 0.29) is 24.1 Å². The number of likely N-dealkylation sites (N-methyl/N-ethyl adjacent to an activating group) is 1. The molecular weight excluding hydrogens is 378 g/mol. The highest BCUT2D eigenvalue weighted by atomic mass is 35.5. The SMILES string of the molecule is CC[C@@H](C)n1c(=O)c2ccccc2n(CC(=O)N(C)c2cccc(Cl)c2)c1=O. The number of anilines is 1. The van der Waals surface area contributed by atoms with Crippen LogP contribution in [-0.2, 0) is 11.3 Å². The van der Waals surface area contributed by atoms with Gasteiger partial charge in [-0.05, 0) is 43.7 Å². The molecule has 6 nitrogen and oxygen atoms in total. The molecular formula is C21H22ClN3O3. The minimum atomic E-state index is -0.481. The summed E-state index contributed by atoms with van der Waals surface area (Å²) in [6.07, 6.45) is 0.629. The summed E-state index contributed by atoms with van der Waals surface area (Å²) < 4.78 is 2.60. The first kappa shape index (κ1) is 19.9. The van der Waals surface area contributed by atoms with Crippen molar-refractivity contribution >= 4 is 34.1 Å². The largest absolute Gasteiger partial charge is 0.332 e. The summed E-state index contributed by atoms with van der Waals surface area (Å²) in [5, 5.41) is 0.936. The van der Waals surface area contributed by atoms with Gasteiger partial charge < -0.3 is 4.90 Å². The second kappa shape index (κ2) is 8.02. The Balaban J connectivity index is 2.11. The van der Waals surface area contributed by atoms with Gasteiger partial charge in [0.25, 0.3) is 5.56 Å². The highest BCUT2D eigenvalue weighted by Crippen LogP contribution is 2.19. The van der Waals surface area contributed by atoms with E-state index in [0.29, 0.717) is 28.0 Å². The maximum absolute atomic E-state index is 13.1. The molecule has 3 aromatic rings. The molecule has 0 fully saturated rings. The van der Waals surface area contributed by atoms with Crippen LogP contribution in [0.5, 0.6) is 0 Å². The fourth-order valence-corrected chi connectivity index (χ4v) is 3.32. The average Bonchev–Trinajstić information content (AvgIpc) is 2.70. The Morgan fingerprint density at radius 1 is 1.14 bits per heavy atom. The molecule has 2 aromatic carbocycles. The van der Waals surface area contributed by atoms with Crippen LogP contribution in [0, 0.1) is 0 Å². The second-order valence-corrected chi connectivity index (χ2v) is 7.19. The number of aromatic nitrogens is 2. The number of para-hydroxylation sites is 1. The molecule has 0 aliphatic heterocycles. The molecule has 3 rings (SSSR count). The van der Waals surface area contributed by atoms with Crippen molar-refractivity contribution < 1.29 is 4.79 Å². The first-order valence-electron chi connectivity index (χ1n) is 9.11. The monoisotopic (exact) mass is 399 g/mol. The average molecular weight is 400 g/mol. The van der Waals surface area contributed by atoms with E-state index in [0.717, 1.165) is 0 Å². The molecule has 0 saturated carbocycles. The predicted octanol–water partition coefficient (Wildman–Crippen LogP) is 3.45. The van der Waals surface area contributed by atoms with Crippen molar-refractivity contribution in [2.75, 3.05) is 11.9 Å². The van der Waals surface area contributed by atoms with E-state index in [1.807, 2.05) is 13.8 Å². The van der Waals surface area contributed by atoms with E-state index in [1.165, 1.54) is 14.0 Å². The van der Waals surface area contributed by atoms with Crippen LogP contribution in [0.2, 0.25) is 5.02 Å². The molecule has 0 saturated heterocycles. The van der Waals surface area contributed by atoms with Crippen molar-refractivity contribution in [3.63, 3.8) is 0 Å². The minimum Gasteiger partial charge on any atom is -0.314 e. The van der Waals surface area contributed by atoms with Gasteiger partial charge in [-0.1, -0.05) is 36.7 Å². The summed E-state index contributed by atoms with van der Waals surface area (Å²) in [4.78, 5) is 40.2. The molecule has 1 atom stereocenters. The number of rotatable bonds is 5.